The van der Waals surface area contributed by atoms with E-state index >= 15 is 0 Å². The van der Waals surface area contributed by atoms with Crippen molar-refractivity contribution >= 4 is 28.8 Å². The van der Waals surface area contributed by atoms with Crippen LogP contribution in [0.2, 0.25) is 5.02 Å². The molecule has 0 spiro atoms. The standard InChI is InChI=1S/C22H18ClN3O2/c1-15-12-16(23)9-10-19(15)25-22(27)18-6-2-3-7-20(18)28-14-17-13-26-11-5-4-8-21(26)24-17/h2-13H,14H2,1H3,(H,25,27). The fraction of sp³-hybridized carbons (Fsp3) is 0.0909. The molecule has 4 rings (SSSR count). The van der Waals surface area contributed by atoms with Crippen molar-refractivity contribution < 1.29 is 9.53 Å². The Bertz CT molecular complexity index is 1120. The highest BCUT2D eigenvalue weighted by molar-refractivity contribution is 6.30. The van der Waals surface area contributed by atoms with E-state index in [9.17, 15) is 4.79 Å². The van der Waals surface area contributed by atoms with E-state index in [1.54, 1.807) is 30.3 Å². The van der Waals surface area contributed by atoms with Crippen molar-refractivity contribution in [1.29, 1.82) is 0 Å². The highest BCUT2D eigenvalue weighted by atomic mass is 35.5. The van der Waals surface area contributed by atoms with Gasteiger partial charge in [0.2, 0.25) is 0 Å². The maximum atomic E-state index is 12.8. The predicted molar refractivity (Wildman–Crippen MR) is 110 cm³/mol. The molecule has 0 bridgehead atoms. The zero-order chi connectivity index (χ0) is 19.5. The number of carbonyl (C=O) groups is 1. The van der Waals surface area contributed by atoms with Crippen LogP contribution in [-0.2, 0) is 6.61 Å². The normalized spacial score (nSPS) is 10.8. The maximum absolute atomic E-state index is 12.8. The molecule has 0 atom stereocenters. The van der Waals surface area contributed by atoms with E-state index in [0.717, 1.165) is 16.9 Å². The molecule has 0 unspecified atom stereocenters. The Kier molecular flexibility index (Phi) is 5.00. The number of para-hydroxylation sites is 1. The highest BCUT2D eigenvalue weighted by Gasteiger charge is 2.14. The molecule has 140 valence electrons. The fourth-order valence-corrected chi connectivity index (χ4v) is 3.17. The molecule has 0 radical (unpaired) electrons. The Balaban J connectivity index is 1.52. The molecule has 0 aliphatic heterocycles. The first-order chi connectivity index (χ1) is 13.6. The number of carbonyl (C=O) groups excluding carboxylic acids is 1. The fourth-order valence-electron chi connectivity index (χ4n) is 2.95. The Morgan fingerprint density at radius 3 is 2.79 bits per heavy atom. The van der Waals surface area contributed by atoms with Gasteiger partial charge in [0.1, 0.15) is 18.0 Å². The summed E-state index contributed by atoms with van der Waals surface area (Å²) < 4.78 is 7.83. The van der Waals surface area contributed by atoms with E-state index in [1.807, 2.05) is 54.0 Å². The maximum Gasteiger partial charge on any atom is 0.259 e. The number of aromatic nitrogens is 2. The number of fused-ring (bicyclic) bond motifs is 1. The van der Waals surface area contributed by atoms with Gasteiger partial charge in [-0.3, -0.25) is 4.79 Å². The lowest BCUT2D eigenvalue weighted by Crippen LogP contribution is -2.14. The lowest BCUT2D eigenvalue weighted by atomic mass is 10.1. The van der Waals surface area contributed by atoms with E-state index in [-0.39, 0.29) is 12.5 Å². The zero-order valence-corrected chi connectivity index (χ0v) is 16.0. The van der Waals surface area contributed by atoms with Crippen molar-refractivity contribution in [3.8, 4) is 5.75 Å². The van der Waals surface area contributed by atoms with Crippen LogP contribution in [0.3, 0.4) is 0 Å². The number of benzene rings is 2. The van der Waals surface area contributed by atoms with Gasteiger partial charge in [0, 0.05) is 23.1 Å². The lowest BCUT2D eigenvalue weighted by Gasteiger charge is -2.12. The topological polar surface area (TPSA) is 55.6 Å². The second kappa shape index (κ2) is 7.74. The smallest absolute Gasteiger partial charge is 0.259 e. The van der Waals surface area contributed by atoms with Crippen LogP contribution in [0.4, 0.5) is 5.69 Å². The first-order valence-electron chi connectivity index (χ1n) is 8.82. The van der Waals surface area contributed by atoms with Crippen molar-refractivity contribution in [1.82, 2.24) is 9.38 Å². The SMILES string of the molecule is Cc1cc(Cl)ccc1NC(=O)c1ccccc1OCc1cn2ccccc2n1. The van der Waals surface area contributed by atoms with Crippen LogP contribution in [0.1, 0.15) is 21.6 Å². The third kappa shape index (κ3) is 3.85. The largest absolute Gasteiger partial charge is 0.486 e. The average molecular weight is 392 g/mol. The molecule has 0 fully saturated rings. The van der Waals surface area contributed by atoms with Crippen LogP contribution >= 0.6 is 11.6 Å². The van der Waals surface area contributed by atoms with Gasteiger partial charge in [-0.15, -0.1) is 0 Å². The number of rotatable bonds is 5. The second-order valence-electron chi connectivity index (χ2n) is 6.40. The second-order valence-corrected chi connectivity index (χ2v) is 6.83. The average Bonchev–Trinajstić information content (AvgIpc) is 3.12. The molecule has 2 aromatic heterocycles. The summed E-state index contributed by atoms with van der Waals surface area (Å²) in [4.78, 5) is 17.3. The molecule has 4 aromatic rings. The molecule has 2 heterocycles. The molecule has 28 heavy (non-hydrogen) atoms. The van der Waals surface area contributed by atoms with E-state index in [1.165, 1.54) is 0 Å². The predicted octanol–water partition coefficient (Wildman–Crippen LogP) is 5.13. The van der Waals surface area contributed by atoms with E-state index in [0.29, 0.717) is 22.0 Å². The molecule has 2 aromatic carbocycles. The van der Waals surface area contributed by atoms with Gasteiger partial charge in [0.25, 0.3) is 5.91 Å². The minimum absolute atomic E-state index is 0.240. The minimum Gasteiger partial charge on any atom is -0.486 e. The van der Waals surface area contributed by atoms with Crippen LogP contribution in [0.25, 0.3) is 5.65 Å². The first kappa shape index (κ1) is 18.1. The Morgan fingerprint density at radius 2 is 1.96 bits per heavy atom. The van der Waals surface area contributed by atoms with Crippen molar-refractivity contribution in [3.05, 3.63) is 94.9 Å². The number of anilines is 1. The van der Waals surface area contributed by atoms with Crippen LogP contribution in [0, 0.1) is 6.92 Å². The number of ether oxygens (including phenoxy) is 1. The third-order valence-corrected chi connectivity index (χ3v) is 4.59. The van der Waals surface area contributed by atoms with Crippen molar-refractivity contribution in [2.45, 2.75) is 13.5 Å². The van der Waals surface area contributed by atoms with Gasteiger partial charge >= 0.3 is 0 Å². The number of nitrogens with zero attached hydrogens (tertiary/aromatic N) is 2. The quantitative estimate of drug-likeness (QED) is 0.513. The van der Waals surface area contributed by atoms with Gasteiger partial charge in [-0.2, -0.15) is 0 Å². The van der Waals surface area contributed by atoms with E-state index in [2.05, 4.69) is 10.3 Å². The number of halogens is 1. The summed E-state index contributed by atoms with van der Waals surface area (Å²) in [6.07, 6.45) is 3.84. The number of amides is 1. The molecule has 0 saturated heterocycles. The molecule has 1 amide bonds. The number of imidazole rings is 1. The van der Waals surface area contributed by atoms with E-state index in [4.69, 9.17) is 16.3 Å². The number of aryl methyl sites for hydroxylation is 1. The van der Waals surface area contributed by atoms with Crippen LogP contribution < -0.4 is 10.1 Å². The molecular weight excluding hydrogens is 374 g/mol. The third-order valence-electron chi connectivity index (χ3n) is 4.36. The highest BCUT2D eigenvalue weighted by Crippen LogP contribution is 2.24. The molecule has 0 saturated carbocycles. The first-order valence-corrected chi connectivity index (χ1v) is 9.20. The van der Waals surface area contributed by atoms with Crippen molar-refractivity contribution in [2.75, 3.05) is 5.32 Å². The van der Waals surface area contributed by atoms with Gasteiger partial charge in [0.05, 0.1) is 11.3 Å². The van der Waals surface area contributed by atoms with Crippen molar-refractivity contribution in [2.24, 2.45) is 0 Å². The number of hydrogen-bond donors (Lipinski definition) is 1. The minimum atomic E-state index is -0.240. The van der Waals surface area contributed by atoms with Crippen LogP contribution in [0.5, 0.6) is 5.75 Å². The van der Waals surface area contributed by atoms with Gasteiger partial charge in [-0.1, -0.05) is 29.8 Å². The molecule has 0 aliphatic carbocycles. The zero-order valence-electron chi connectivity index (χ0n) is 15.2. The van der Waals surface area contributed by atoms with Crippen LogP contribution in [-0.4, -0.2) is 15.3 Å². The van der Waals surface area contributed by atoms with Gasteiger partial charge < -0.3 is 14.5 Å². The van der Waals surface area contributed by atoms with E-state index < -0.39 is 0 Å². The summed E-state index contributed by atoms with van der Waals surface area (Å²) in [6.45, 7) is 2.17. The Labute approximate surface area is 167 Å². The molecular formula is C22H18ClN3O2. The summed E-state index contributed by atoms with van der Waals surface area (Å²) in [5, 5.41) is 3.55. The number of nitrogens with one attached hydrogen (secondary N) is 1. The number of hydrogen-bond acceptors (Lipinski definition) is 3. The Hall–Kier alpha value is -3.31. The van der Waals surface area contributed by atoms with Gasteiger partial charge in [0.15, 0.2) is 0 Å². The lowest BCUT2D eigenvalue weighted by molar-refractivity contribution is 0.102. The monoisotopic (exact) mass is 391 g/mol. The summed E-state index contributed by atoms with van der Waals surface area (Å²) in [6, 6.07) is 18.3. The molecule has 5 nitrogen and oxygen atoms in total. The number of pyridine rings is 1. The molecule has 6 heteroatoms. The summed E-state index contributed by atoms with van der Waals surface area (Å²) in [5.74, 6) is 0.264. The van der Waals surface area contributed by atoms with Gasteiger partial charge in [-0.05, 0) is 55.0 Å². The van der Waals surface area contributed by atoms with Gasteiger partial charge in [-0.25, -0.2) is 4.98 Å². The summed E-state index contributed by atoms with van der Waals surface area (Å²) >= 11 is 5.98. The summed E-state index contributed by atoms with van der Waals surface area (Å²) in [7, 11) is 0. The molecule has 0 aliphatic rings. The van der Waals surface area contributed by atoms with Crippen LogP contribution in [0.15, 0.2) is 73.1 Å². The summed E-state index contributed by atoms with van der Waals surface area (Å²) in [5.41, 5.74) is 3.70. The Morgan fingerprint density at radius 1 is 1.14 bits per heavy atom. The molecule has 1 N–H and O–H groups in total. The van der Waals surface area contributed by atoms with Crippen molar-refractivity contribution in [3.63, 3.8) is 0 Å².